The van der Waals surface area contributed by atoms with Crippen LogP contribution in [-0.2, 0) is 9.59 Å². The maximum atomic E-state index is 11.8. The van der Waals surface area contributed by atoms with E-state index in [1.165, 1.54) is 6.08 Å². The molecule has 1 rings (SSSR count). The lowest BCUT2D eigenvalue weighted by atomic mass is 9.91. The van der Waals surface area contributed by atoms with Gasteiger partial charge in [0.2, 0.25) is 11.6 Å². The maximum Gasteiger partial charge on any atom is 0.233 e. The van der Waals surface area contributed by atoms with E-state index < -0.39 is 11.6 Å². The first-order chi connectivity index (χ1) is 8.45. The summed E-state index contributed by atoms with van der Waals surface area (Å²) in [5.74, 6) is -0.301. The highest BCUT2D eigenvalue weighted by Crippen LogP contribution is 2.21. The van der Waals surface area contributed by atoms with Gasteiger partial charge in [-0.25, -0.2) is 0 Å². The molecule has 2 heteroatoms. The number of hydrogen-bond donors (Lipinski definition) is 0. The van der Waals surface area contributed by atoms with E-state index in [-0.39, 0.29) is 0 Å². The lowest BCUT2D eigenvalue weighted by Crippen LogP contribution is -2.18. The first-order valence-corrected chi connectivity index (χ1v) is 6.28. The normalized spacial score (nSPS) is 19.2. The molecule has 0 saturated carbocycles. The van der Waals surface area contributed by atoms with Crippen LogP contribution in [0.4, 0.5) is 0 Å². The van der Waals surface area contributed by atoms with Crippen LogP contribution in [-0.4, -0.2) is 11.6 Å². The summed E-state index contributed by atoms with van der Waals surface area (Å²) >= 11 is 0. The summed E-state index contributed by atoms with van der Waals surface area (Å²) in [6, 6.07) is 0. The molecule has 18 heavy (non-hydrogen) atoms. The van der Waals surface area contributed by atoms with Crippen molar-refractivity contribution in [1.29, 1.82) is 0 Å². The Labute approximate surface area is 109 Å². The van der Waals surface area contributed by atoms with Gasteiger partial charge in [0.05, 0.1) is 0 Å². The SMILES string of the molecule is C=C1C=CC(=O)C(=O)/C1=C/C(=C\C)CCC(C)C. The van der Waals surface area contributed by atoms with Crippen LogP contribution in [0.3, 0.4) is 0 Å². The van der Waals surface area contributed by atoms with Gasteiger partial charge in [-0.1, -0.05) is 38.2 Å². The predicted octanol–water partition coefficient (Wildman–Crippen LogP) is 3.56. The molecule has 0 spiro atoms. The third-order valence-corrected chi connectivity index (χ3v) is 2.96. The quantitative estimate of drug-likeness (QED) is 0.559. The topological polar surface area (TPSA) is 34.1 Å². The number of carbonyl (C=O) groups is 2. The second-order valence-electron chi connectivity index (χ2n) is 4.91. The Hall–Kier alpha value is -1.70. The molecule has 0 N–H and O–H groups in total. The average Bonchev–Trinajstić information content (AvgIpc) is 2.33. The van der Waals surface area contributed by atoms with E-state index in [1.807, 2.05) is 13.0 Å². The second-order valence-corrected chi connectivity index (χ2v) is 4.91. The van der Waals surface area contributed by atoms with Crippen LogP contribution in [0.1, 0.15) is 33.6 Å². The largest absolute Gasteiger partial charge is 0.286 e. The molecule has 0 aromatic heterocycles. The van der Waals surface area contributed by atoms with Gasteiger partial charge in [0.25, 0.3) is 0 Å². The molecule has 0 aromatic carbocycles. The third-order valence-electron chi connectivity index (χ3n) is 2.96. The highest BCUT2D eigenvalue weighted by molar-refractivity contribution is 6.49. The van der Waals surface area contributed by atoms with Crippen molar-refractivity contribution in [2.75, 3.05) is 0 Å². The summed E-state index contributed by atoms with van der Waals surface area (Å²) in [7, 11) is 0. The van der Waals surface area contributed by atoms with Gasteiger partial charge in [0.15, 0.2) is 0 Å². The summed E-state index contributed by atoms with van der Waals surface area (Å²) in [5, 5.41) is 0. The van der Waals surface area contributed by atoms with Gasteiger partial charge in [-0.05, 0) is 43.4 Å². The number of ketones is 2. The van der Waals surface area contributed by atoms with Gasteiger partial charge in [-0.3, -0.25) is 9.59 Å². The number of Topliss-reactive ketones (excluding diaryl/α,β-unsaturated/α-hetero) is 1. The third kappa shape index (κ3) is 3.66. The molecule has 0 unspecified atom stereocenters. The second kappa shape index (κ2) is 6.29. The Morgan fingerprint density at radius 3 is 2.56 bits per heavy atom. The molecule has 1 aliphatic rings. The molecule has 0 atom stereocenters. The van der Waals surface area contributed by atoms with Gasteiger partial charge in [-0.15, -0.1) is 0 Å². The Kier molecular flexibility index (Phi) is 5.02. The molecule has 1 aliphatic carbocycles. The summed E-state index contributed by atoms with van der Waals surface area (Å²) in [6.07, 6.45) is 8.65. The molecule has 0 aromatic rings. The first-order valence-electron chi connectivity index (χ1n) is 6.28. The van der Waals surface area contributed by atoms with Crippen LogP contribution >= 0.6 is 0 Å². The van der Waals surface area contributed by atoms with Gasteiger partial charge >= 0.3 is 0 Å². The van der Waals surface area contributed by atoms with Crippen molar-refractivity contribution in [3.05, 3.63) is 47.6 Å². The van der Waals surface area contributed by atoms with Gasteiger partial charge in [-0.2, -0.15) is 0 Å². The van der Waals surface area contributed by atoms with Crippen LogP contribution < -0.4 is 0 Å². The van der Waals surface area contributed by atoms with E-state index in [9.17, 15) is 9.59 Å². The molecule has 0 radical (unpaired) electrons. The molecule has 0 aliphatic heterocycles. The monoisotopic (exact) mass is 244 g/mol. The van der Waals surface area contributed by atoms with E-state index in [0.717, 1.165) is 18.4 Å². The van der Waals surface area contributed by atoms with E-state index in [4.69, 9.17) is 0 Å². The van der Waals surface area contributed by atoms with Crippen LogP contribution in [0.5, 0.6) is 0 Å². The molecule has 0 amide bonds. The van der Waals surface area contributed by atoms with Crippen molar-refractivity contribution in [3.63, 3.8) is 0 Å². The van der Waals surface area contributed by atoms with Crippen molar-refractivity contribution in [3.8, 4) is 0 Å². The van der Waals surface area contributed by atoms with Crippen LogP contribution in [0.2, 0.25) is 0 Å². The highest BCUT2D eigenvalue weighted by atomic mass is 16.2. The zero-order valence-electron chi connectivity index (χ0n) is 11.3. The number of rotatable bonds is 4. The lowest BCUT2D eigenvalue weighted by Gasteiger charge is -2.11. The zero-order chi connectivity index (χ0) is 13.7. The molecule has 0 heterocycles. The Morgan fingerprint density at radius 1 is 1.33 bits per heavy atom. The van der Waals surface area contributed by atoms with Crippen molar-refractivity contribution in [2.45, 2.75) is 33.6 Å². The van der Waals surface area contributed by atoms with E-state index in [1.54, 1.807) is 12.2 Å². The lowest BCUT2D eigenvalue weighted by molar-refractivity contribution is -0.131. The number of hydrogen-bond acceptors (Lipinski definition) is 2. The fourth-order valence-corrected chi connectivity index (χ4v) is 1.72. The van der Waals surface area contributed by atoms with E-state index in [0.29, 0.717) is 17.1 Å². The van der Waals surface area contributed by atoms with Crippen molar-refractivity contribution < 1.29 is 9.59 Å². The van der Waals surface area contributed by atoms with E-state index in [2.05, 4.69) is 20.4 Å². The summed E-state index contributed by atoms with van der Waals surface area (Å²) in [4.78, 5) is 23.1. The molecular formula is C16H20O2. The number of allylic oxidation sites excluding steroid dienone is 7. The summed E-state index contributed by atoms with van der Waals surface area (Å²) < 4.78 is 0. The molecule has 96 valence electrons. The van der Waals surface area contributed by atoms with Crippen LogP contribution in [0.15, 0.2) is 47.6 Å². The average molecular weight is 244 g/mol. The van der Waals surface area contributed by atoms with Crippen molar-refractivity contribution in [2.24, 2.45) is 5.92 Å². The zero-order valence-corrected chi connectivity index (χ0v) is 11.3. The molecular weight excluding hydrogens is 224 g/mol. The molecule has 0 bridgehead atoms. The van der Waals surface area contributed by atoms with Gasteiger partial charge < -0.3 is 0 Å². The smallest absolute Gasteiger partial charge is 0.233 e. The molecule has 0 fully saturated rings. The standard InChI is InChI=1S/C16H20O2/c1-5-13(8-6-11(2)3)10-14-12(4)7-9-15(17)16(14)18/h5,7,9-11H,4,6,8H2,1-3H3/b13-5-,14-10+. The Morgan fingerprint density at radius 2 is 2.00 bits per heavy atom. The minimum Gasteiger partial charge on any atom is -0.286 e. The molecule has 2 nitrogen and oxygen atoms in total. The first kappa shape index (κ1) is 14.4. The fourth-order valence-electron chi connectivity index (χ4n) is 1.72. The van der Waals surface area contributed by atoms with Crippen molar-refractivity contribution >= 4 is 11.6 Å². The minimum absolute atomic E-state index is 0.430. The van der Waals surface area contributed by atoms with E-state index >= 15 is 0 Å². The summed E-state index contributed by atoms with van der Waals surface area (Å²) in [5.41, 5.74) is 2.12. The van der Waals surface area contributed by atoms with Crippen LogP contribution in [0, 0.1) is 5.92 Å². The van der Waals surface area contributed by atoms with Crippen LogP contribution in [0.25, 0.3) is 0 Å². The summed E-state index contributed by atoms with van der Waals surface area (Å²) in [6.45, 7) is 10.1. The minimum atomic E-state index is -0.465. The maximum absolute atomic E-state index is 11.8. The highest BCUT2D eigenvalue weighted by Gasteiger charge is 2.22. The van der Waals surface area contributed by atoms with Gasteiger partial charge in [0.1, 0.15) is 0 Å². The van der Waals surface area contributed by atoms with Crippen molar-refractivity contribution in [1.82, 2.24) is 0 Å². The Bertz CT molecular complexity index is 459. The predicted molar refractivity (Wildman–Crippen MR) is 74.2 cm³/mol. The number of carbonyl (C=O) groups excluding carboxylic acids is 2. The van der Waals surface area contributed by atoms with Gasteiger partial charge in [0, 0.05) is 5.57 Å². The Balaban J connectivity index is 2.93. The molecule has 0 saturated heterocycles. The fraction of sp³-hybridized carbons (Fsp3) is 0.375.